The first kappa shape index (κ1) is 16.6. The van der Waals surface area contributed by atoms with E-state index in [9.17, 15) is 23.3 Å². The van der Waals surface area contributed by atoms with Crippen molar-refractivity contribution in [3.63, 3.8) is 0 Å². The van der Waals surface area contributed by atoms with Crippen LogP contribution < -0.4 is 5.32 Å². The van der Waals surface area contributed by atoms with Crippen LogP contribution in [0.4, 0.5) is 24.5 Å². The van der Waals surface area contributed by atoms with Crippen molar-refractivity contribution < 1.29 is 18.1 Å². The molecule has 0 spiro atoms. The number of rotatable bonds is 2. The summed E-state index contributed by atoms with van der Waals surface area (Å²) in [6.07, 6.45) is 0.246. The van der Waals surface area contributed by atoms with Crippen LogP contribution in [0.1, 0.15) is 35.1 Å². The van der Waals surface area contributed by atoms with E-state index in [4.69, 9.17) is 0 Å². The number of halogens is 3. The zero-order valence-corrected chi connectivity index (χ0v) is 13.5. The van der Waals surface area contributed by atoms with Gasteiger partial charge in [0.25, 0.3) is 5.69 Å². The van der Waals surface area contributed by atoms with Crippen LogP contribution in [-0.2, 0) is 6.18 Å². The second-order valence-corrected chi connectivity index (χ2v) is 6.59. The number of non-ortho nitro benzene ring substituents is 1. The minimum Gasteiger partial charge on any atom is -0.377 e. The summed E-state index contributed by atoms with van der Waals surface area (Å²) in [4.78, 5) is 10.4. The van der Waals surface area contributed by atoms with Crippen LogP contribution in [0.3, 0.4) is 0 Å². The molecule has 134 valence electrons. The monoisotopic (exact) mass is 360 g/mol. The highest BCUT2D eigenvalue weighted by molar-refractivity contribution is 5.65. The molecule has 4 rings (SSSR count). The number of alkyl halides is 3. The number of nitro benzene ring substituents is 1. The van der Waals surface area contributed by atoms with Gasteiger partial charge in [0, 0.05) is 18.1 Å². The van der Waals surface area contributed by atoms with E-state index in [0.29, 0.717) is 5.56 Å². The number of benzene rings is 2. The molecule has 2 aliphatic rings. The van der Waals surface area contributed by atoms with Crippen molar-refractivity contribution in [2.45, 2.75) is 24.6 Å². The van der Waals surface area contributed by atoms with E-state index in [-0.39, 0.29) is 29.3 Å². The lowest BCUT2D eigenvalue weighted by Gasteiger charge is -2.38. The zero-order chi connectivity index (χ0) is 18.5. The van der Waals surface area contributed by atoms with Crippen LogP contribution in [0.5, 0.6) is 0 Å². The maximum atomic E-state index is 13.5. The molecule has 7 heteroatoms. The van der Waals surface area contributed by atoms with Crippen molar-refractivity contribution in [3.8, 4) is 0 Å². The van der Waals surface area contributed by atoms with Crippen LogP contribution in [0.25, 0.3) is 0 Å². The Hall–Kier alpha value is -2.83. The number of hydrogen-bond donors (Lipinski definition) is 1. The van der Waals surface area contributed by atoms with Gasteiger partial charge < -0.3 is 5.32 Å². The van der Waals surface area contributed by atoms with Crippen LogP contribution in [0.2, 0.25) is 0 Å². The molecule has 0 saturated carbocycles. The lowest BCUT2D eigenvalue weighted by molar-refractivity contribution is -0.384. The van der Waals surface area contributed by atoms with Gasteiger partial charge in [-0.2, -0.15) is 13.2 Å². The first-order chi connectivity index (χ1) is 12.4. The molecule has 1 heterocycles. The van der Waals surface area contributed by atoms with Gasteiger partial charge in [-0.3, -0.25) is 10.1 Å². The molecule has 1 N–H and O–H groups in total. The summed E-state index contributed by atoms with van der Waals surface area (Å²) in [5.41, 5.74) is 0.785. The third kappa shape index (κ3) is 2.64. The Morgan fingerprint density at radius 3 is 2.50 bits per heavy atom. The molecule has 0 aromatic heterocycles. The second-order valence-electron chi connectivity index (χ2n) is 6.59. The summed E-state index contributed by atoms with van der Waals surface area (Å²) >= 11 is 0. The van der Waals surface area contributed by atoms with Gasteiger partial charge in [0.1, 0.15) is 0 Å². The van der Waals surface area contributed by atoms with Crippen LogP contribution in [-0.4, -0.2) is 4.92 Å². The molecule has 0 fully saturated rings. The van der Waals surface area contributed by atoms with Crippen molar-refractivity contribution >= 4 is 11.4 Å². The van der Waals surface area contributed by atoms with E-state index in [2.05, 4.69) is 5.32 Å². The summed E-state index contributed by atoms with van der Waals surface area (Å²) in [6.45, 7) is 0. The van der Waals surface area contributed by atoms with E-state index in [0.717, 1.165) is 18.1 Å². The van der Waals surface area contributed by atoms with Gasteiger partial charge >= 0.3 is 6.18 Å². The first-order valence-corrected chi connectivity index (χ1v) is 8.24. The fourth-order valence-electron chi connectivity index (χ4n) is 3.99. The fraction of sp³-hybridized carbons (Fsp3) is 0.263. The first-order valence-electron chi connectivity index (χ1n) is 8.24. The standard InChI is InChI=1S/C19H15F3N2O2/c20-19(21,22)16-6-2-5-15-13-3-1-4-14(13)17(23-18(15)16)11-7-9-12(10-8-11)24(25)26/h1-3,5-10,13-14,17,23H,4H2/t13-,14-,17+/m1/s1. The van der Waals surface area contributed by atoms with Crippen LogP contribution >= 0.6 is 0 Å². The Morgan fingerprint density at radius 2 is 1.85 bits per heavy atom. The van der Waals surface area contributed by atoms with E-state index >= 15 is 0 Å². The minimum atomic E-state index is -4.45. The molecular formula is C19H15F3N2O2. The van der Waals surface area contributed by atoms with Crippen molar-refractivity contribution in [1.29, 1.82) is 0 Å². The predicted molar refractivity (Wildman–Crippen MR) is 90.9 cm³/mol. The molecule has 0 bridgehead atoms. The van der Waals surface area contributed by atoms with Gasteiger partial charge in [0.15, 0.2) is 0 Å². The van der Waals surface area contributed by atoms with Gasteiger partial charge in [-0.25, -0.2) is 0 Å². The van der Waals surface area contributed by atoms with Gasteiger partial charge in [0.05, 0.1) is 22.2 Å². The topological polar surface area (TPSA) is 55.2 Å². The number of anilines is 1. The number of nitrogens with zero attached hydrogens (tertiary/aromatic N) is 1. The van der Waals surface area contributed by atoms with Gasteiger partial charge in [-0.1, -0.05) is 36.4 Å². The Morgan fingerprint density at radius 1 is 1.12 bits per heavy atom. The van der Waals surface area contributed by atoms with E-state index in [1.807, 2.05) is 12.2 Å². The SMILES string of the molecule is O=[N+]([O-])c1ccc([C@@H]2Nc3c(cccc3C(F)(F)F)[C@@H]3C=CC[C@H]32)cc1. The Kier molecular flexibility index (Phi) is 3.75. The van der Waals surface area contributed by atoms with Crippen LogP contribution in [0.15, 0.2) is 54.6 Å². The molecule has 0 amide bonds. The summed E-state index contributed by atoms with van der Waals surface area (Å²) in [6, 6.07) is 9.93. The minimum absolute atomic E-state index is 0.0398. The quantitative estimate of drug-likeness (QED) is 0.441. The molecule has 1 aliphatic carbocycles. The molecule has 2 aromatic rings. The summed E-state index contributed by atoms with van der Waals surface area (Å²) in [7, 11) is 0. The third-order valence-electron chi connectivity index (χ3n) is 5.17. The Labute approximate surface area is 147 Å². The van der Waals surface area contributed by atoms with Gasteiger partial charge in [0.2, 0.25) is 0 Å². The number of nitro groups is 1. The molecule has 0 saturated heterocycles. The Balaban J connectivity index is 1.79. The molecule has 0 radical (unpaired) electrons. The molecule has 26 heavy (non-hydrogen) atoms. The highest BCUT2D eigenvalue weighted by Crippen LogP contribution is 2.52. The average Bonchev–Trinajstić information content (AvgIpc) is 3.09. The third-order valence-corrected chi connectivity index (χ3v) is 5.17. The predicted octanol–water partition coefficient (Wildman–Crippen LogP) is 5.44. The highest BCUT2D eigenvalue weighted by Gasteiger charge is 2.42. The maximum Gasteiger partial charge on any atom is 0.418 e. The van der Waals surface area contributed by atoms with Crippen molar-refractivity contribution in [3.05, 3.63) is 81.4 Å². The van der Waals surface area contributed by atoms with Crippen molar-refractivity contribution in [1.82, 2.24) is 0 Å². The van der Waals surface area contributed by atoms with Crippen molar-refractivity contribution in [2.75, 3.05) is 5.32 Å². The number of nitrogens with one attached hydrogen (secondary N) is 1. The smallest absolute Gasteiger partial charge is 0.377 e. The maximum absolute atomic E-state index is 13.5. The molecule has 2 aromatic carbocycles. The van der Waals surface area contributed by atoms with Crippen molar-refractivity contribution in [2.24, 2.45) is 5.92 Å². The molecule has 0 unspecified atom stereocenters. The molecule has 4 nitrogen and oxygen atoms in total. The highest BCUT2D eigenvalue weighted by atomic mass is 19.4. The number of fused-ring (bicyclic) bond motifs is 3. The largest absolute Gasteiger partial charge is 0.418 e. The summed E-state index contributed by atoms with van der Waals surface area (Å²) in [5.74, 6) is -0.0267. The zero-order valence-electron chi connectivity index (χ0n) is 13.5. The normalized spacial score (nSPS) is 23.9. The molecule has 3 atom stereocenters. The van der Waals surface area contributed by atoms with E-state index < -0.39 is 16.7 Å². The number of para-hydroxylation sites is 1. The lowest BCUT2D eigenvalue weighted by Crippen LogP contribution is -2.30. The van der Waals surface area contributed by atoms with E-state index in [1.165, 1.54) is 18.2 Å². The summed E-state index contributed by atoms with van der Waals surface area (Å²) in [5, 5.41) is 13.9. The molecule has 1 aliphatic heterocycles. The number of allylic oxidation sites excluding steroid dienone is 2. The van der Waals surface area contributed by atoms with E-state index in [1.54, 1.807) is 18.2 Å². The molecular weight excluding hydrogens is 345 g/mol. The average molecular weight is 360 g/mol. The van der Waals surface area contributed by atoms with Gasteiger partial charge in [-0.05, 0) is 29.5 Å². The van der Waals surface area contributed by atoms with Crippen LogP contribution in [0, 0.1) is 16.0 Å². The van der Waals surface area contributed by atoms with Gasteiger partial charge in [-0.15, -0.1) is 0 Å². The fourth-order valence-corrected chi connectivity index (χ4v) is 3.99. The second kappa shape index (κ2) is 5.86. The number of hydrogen-bond acceptors (Lipinski definition) is 3. The lowest BCUT2D eigenvalue weighted by atomic mass is 9.76. The summed E-state index contributed by atoms with van der Waals surface area (Å²) < 4.78 is 40.4. The Bertz CT molecular complexity index is 891.